The number of nitrogens with zero attached hydrogens (tertiary/aromatic N) is 3. The highest BCUT2D eigenvalue weighted by atomic mass is 19.4. The number of carbonyl (C=O) groups excluding carboxylic acids is 2. The van der Waals surface area contributed by atoms with E-state index < -0.39 is 17.8 Å². The molecule has 0 fully saturated rings. The standard InChI is InChI=1S/C26H29F3N4O2/c1-19(2)33(25(35)30-22-12-7-11-21(15-22)26(27,28)29)18-24(34)32(16-20-9-5-4-6-10-20)17-23-13-8-14-31(23)3/h4-15,19H,16-18H2,1-3H3,(H,30,35). The molecule has 0 radical (unpaired) electrons. The second kappa shape index (κ2) is 11.1. The maximum atomic E-state index is 13.4. The highest BCUT2D eigenvalue weighted by molar-refractivity contribution is 5.92. The van der Waals surface area contributed by atoms with Crippen LogP contribution in [-0.2, 0) is 31.1 Å². The lowest BCUT2D eigenvalue weighted by Gasteiger charge is -2.30. The van der Waals surface area contributed by atoms with Crippen LogP contribution < -0.4 is 5.32 Å². The topological polar surface area (TPSA) is 57.6 Å². The summed E-state index contributed by atoms with van der Waals surface area (Å²) < 4.78 is 41.0. The minimum atomic E-state index is -4.52. The van der Waals surface area contributed by atoms with E-state index in [4.69, 9.17) is 0 Å². The van der Waals surface area contributed by atoms with Gasteiger partial charge in [0.2, 0.25) is 5.91 Å². The summed E-state index contributed by atoms with van der Waals surface area (Å²) in [6.07, 6.45) is -2.63. The number of amides is 3. The van der Waals surface area contributed by atoms with E-state index in [0.717, 1.165) is 23.4 Å². The second-order valence-electron chi connectivity index (χ2n) is 8.58. The summed E-state index contributed by atoms with van der Waals surface area (Å²) >= 11 is 0. The van der Waals surface area contributed by atoms with Crippen LogP contribution in [0.2, 0.25) is 0 Å². The van der Waals surface area contributed by atoms with E-state index in [2.05, 4.69) is 5.32 Å². The fourth-order valence-corrected chi connectivity index (χ4v) is 3.60. The molecule has 3 aromatic rings. The number of aryl methyl sites for hydroxylation is 1. The van der Waals surface area contributed by atoms with Gasteiger partial charge in [0.15, 0.2) is 0 Å². The van der Waals surface area contributed by atoms with Crippen LogP contribution in [0.3, 0.4) is 0 Å². The number of rotatable bonds is 8. The van der Waals surface area contributed by atoms with Crippen LogP contribution in [0, 0.1) is 0 Å². The number of halogens is 3. The first kappa shape index (κ1) is 25.9. The molecule has 0 atom stereocenters. The third kappa shape index (κ3) is 7.11. The average molecular weight is 487 g/mol. The Kier molecular flexibility index (Phi) is 8.22. The van der Waals surface area contributed by atoms with E-state index in [1.54, 1.807) is 18.7 Å². The number of aromatic nitrogens is 1. The van der Waals surface area contributed by atoms with Crippen molar-refractivity contribution in [1.82, 2.24) is 14.4 Å². The third-order valence-corrected chi connectivity index (χ3v) is 5.60. The summed E-state index contributed by atoms with van der Waals surface area (Å²) in [5.41, 5.74) is 1.02. The number of anilines is 1. The monoisotopic (exact) mass is 486 g/mol. The van der Waals surface area contributed by atoms with Crippen LogP contribution in [0.1, 0.15) is 30.7 Å². The third-order valence-electron chi connectivity index (χ3n) is 5.60. The molecule has 0 spiro atoms. The molecule has 0 aliphatic heterocycles. The fraction of sp³-hybridized carbons (Fsp3) is 0.308. The molecule has 0 aliphatic rings. The molecular weight excluding hydrogens is 457 g/mol. The largest absolute Gasteiger partial charge is 0.416 e. The van der Waals surface area contributed by atoms with Crippen LogP contribution in [0.5, 0.6) is 0 Å². The van der Waals surface area contributed by atoms with Crippen LogP contribution in [0.15, 0.2) is 72.9 Å². The smallest absolute Gasteiger partial charge is 0.353 e. The van der Waals surface area contributed by atoms with Crippen LogP contribution >= 0.6 is 0 Å². The molecule has 1 heterocycles. The van der Waals surface area contributed by atoms with Crippen molar-refractivity contribution in [1.29, 1.82) is 0 Å². The Bertz CT molecular complexity index is 1140. The quantitative estimate of drug-likeness (QED) is 0.456. The lowest BCUT2D eigenvalue weighted by Crippen LogP contribution is -2.47. The average Bonchev–Trinajstić information content (AvgIpc) is 3.21. The maximum Gasteiger partial charge on any atom is 0.416 e. The van der Waals surface area contributed by atoms with Gasteiger partial charge in [-0.1, -0.05) is 36.4 Å². The molecule has 186 valence electrons. The molecule has 1 aromatic heterocycles. The molecular formula is C26H29F3N4O2. The zero-order valence-electron chi connectivity index (χ0n) is 19.9. The minimum Gasteiger partial charge on any atom is -0.353 e. The summed E-state index contributed by atoms with van der Waals surface area (Å²) in [6, 6.07) is 16.7. The Morgan fingerprint density at radius 2 is 1.69 bits per heavy atom. The molecule has 35 heavy (non-hydrogen) atoms. The van der Waals surface area contributed by atoms with Gasteiger partial charge in [-0.15, -0.1) is 0 Å². The number of hydrogen-bond acceptors (Lipinski definition) is 2. The Hall–Kier alpha value is -3.75. The summed E-state index contributed by atoms with van der Waals surface area (Å²) in [5.74, 6) is -0.275. The predicted molar refractivity (Wildman–Crippen MR) is 128 cm³/mol. The summed E-state index contributed by atoms with van der Waals surface area (Å²) in [6.45, 7) is 3.97. The van der Waals surface area contributed by atoms with E-state index in [0.29, 0.717) is 13.1 Å². The van der Waals surface area contributed by atoms with Gasteiger partial charge in [-0.05, 0) is 49.7 Å². The van der Waals surface area contributed by atoms with Gasteiger partial charge in [0, 0.05) is 37.2 Å². The number of urea groups is 1. The predicted octanol–water partition coefficient (Wildman–Crippen LogP) is 5.52. The van der Waals surface area contributed by atoms with Crippen molar-refractivity contribution < 1.29 is 22.8 Å². The molecule has 0 aliphatic carbocycles. The summed E-state index contributed by atoms with van der Waals surface area (Å²) in [7, 11) is 1.89. The molecule has 3 amide bonds. The first-order chi connectivity index (χ1) is 16.5. The Morgan fingerprint density at radius 3 is 2.29 bits per heavy atom. The molecule has 0 bridgehead atoms. The van der Waals surface area contributed by atoms with Gasteiger partial charge in [-0.2, -0.15) is 13.2 Å². The van der Waals surface area contributed by atoms with E-state index in [9.17, 15) is 22.8 Å². The van der Waals surface area contributed by atoms with Crippen molar-refractivity contribution in [3.05, 3.63) is 89.7 Å². The van der Waals surface area contributed by atoms with Gasteiger partial charge in [-0.25, -0.2) is 4.79 Å². The Labute approximate surface area is 203 Å². The van der Waals surface area contributed by atoms with Crippen molar-refractivity contribution in [3.63, 3.8) is 0 Å². The van der Waals surface area contributed by atoms with Gasteiger partial charge in [0.05, 0.1) is 12.1 Å². The Morgan fingerprint density at radius 1 is 0.971 bits per heavy atom. The van der Waals surface area contributed by atoms with E-state index in [1.165, 1.54) is 17.0 Å². The number of alkyl halides is 3. The van der Waals surface area contributed by atoms with Gasteiger partial charge < -0.3 is 19.7 Å². The van der Waals surface area contributed by atoms with Crippen molar-refractivity contribution in [2.45, 2.75) is 39.2 Å². The van der Waals surface area contributed by atoms with Gasteiger partial charge in [0.1, 0.15) is 6.54 Å². The van der Waals surface area contributed by atoms with Gasteiger partial charge in [-0.3, -0.25) is 4.79 Å². The van der Waals surface area contributed by atoms with E-state index in [-0.39, 0.29) is 24.2 Å². The highest BCUT2D eigenvalue weighted by Gasteiger charge is 2.31. The zero-order chi connectivity index (χ0) is 25.6. The van der Waals surface area contributed by atoms with Gasteiger partial charge >= 0.3 is 12.2 Å². The normalized spacial score (nSPS) is 11.4. The number of nitrogens with one attached hydrogen (secondary N) is 1. The van der Waals surface area contributed by atoms with Crippen molar-refractivity contribution in [2.24, 2.45) is 7.05 Å². The molecule has 0 saturated carbocycles. The highest BCUT2D eigenvalue weighted by Crippen LogP contribution is 2.30. The number of hydrogen-bond donors (Lipinski definition) is 1. The summed E-state index contributed by atoms with van der Waals surface area (Å²) in [5, 5.41) is 2.50. The molecule has 0 saturated heterocycles. The minimum absolute atomic E-state index is 0.00729. The number of carbonyl (C=O) groups is 2. The molecule has 1 N–H and O–H groups in total. The molecule has 0 unspecified atom stereocenters. The van der Waals surface area contributed by atoms with E-state index >= 15 is 0 Å². The van der Waals surface area contributed by atoms with Crippen molar-refractivity contribution in [2.75, 3.05) is 11.9 Å². The second-order valence-corrected chi connectivity index (χ2v) is 8.58. The SMILES string of the molecule is CC(C)N(CC(=O)N(Cc1ccccc1)Cc1cccn1C)C(=O)Nc1cccc(C(F)(F)F)c1. The molecule has 6 nitrogen and oxygen atoms in total. The number of benzene rings is 2. The van der Waals surface area contributed by atoms with Gasteiger partial charge in [0.25, 0.3) is 0 Å². The van der Waals surface area contributed by atoms with Crippen LogP contribution in [0.4, 0.5) is 23.7 Å². The summed E-state index contributed by atoms with van der Waals surface area (Å²) in [4.78, 5) is 29.3. The zero-order valence-corrected chi connectivity index (χ0v) is 19.9. The van der Waals surface area contributed by atoms with E-state index in [1.807, 2.05) is 60.3 Å². The lowest BCUT2D eigenvalue weighted by atomic mass is 10.2. The van der Waals surface area contributed by atoms with Crippen LogP contribution in [-0.4, -0.2) is 38.9 Å². The maximum absolute atomic E-state index is 13.4. The van der Waals surface area contributed by atoms with Crippen molar-refractivity contribution >= 4 is 17.6 Å². The lowest BCUT2D eigenvalue weighted by molar-refractivity contribution is -0.137. The van der Waals surface area contributed by atoms with Crippen LogP contribution in [0.25, 0.3) is 0 Å². The molecule has 3 rings (SSSR count). The first-order valence-electron chi connectivity index (χ1n) is 11.2. The Balaban J connectivity index is 1.77. The molecule has 9 heteroatoms. The molecule has 2 aromatic carbocycles. The fourth-order valence-electron chi connectivity index (χ4n) is 3.60. The first-order valence-corrected chi connectivity index (χ1v) is 11.2. The van der Waals surface area contributed by atoms with Crippen molar-refractivity contribution in [3.8, 4) is 0 Å².